The van der Waals surface area contributed by atoms with Crippen LogP contribution in [0.15, 0.2) is 47.6 Å². The number of nitrogens with zero attached hydrogens (tertiary/aromatic N) is 1. The number of hydrogen-bond donors (Lipinski definition) is 1. The molecule has 0 saturated carbocycles. The number of ether oxygens (including phenoxy) is 1. The first-order chi connectivity index (χ1) is 9.19. The Morgan fingerprint density at radius 3 is 2.42 bits per heavy atom. The van der Waals surface area contributed by atoms with Crippen LogP contribution >= 0.6 is 23.2 Å². The molecule has 0 saturated heterocycles. The van der Waals surface area contributed by atoms with E-state index in [4.69, 9.17) is 33.1 Å². The SMILES string of the molecule is O/N=C/c1ccc(OCc2ccc(Cl)c(Cl)c2)cc1. The molecule has 0 fully saturated rings. The van der Waals surface area contributed by atoms with Crippen LogP contribution in [-0.4, -0.2) is 11.4 Å². The summed E-state index contributed by atoms with van der Waals surface area (Å²) in [7, 11) is 0. The van der Waals surface area contributed by atoms with E-state index in [1.807, 2.05) is 6.07 Å². The van der Waals surface area contributed by atoms with Gasteiger partial charge in [-0.05, 0) is 47.5 Å². The molecule has 0 aliphatic carbocycles. The van der Waals surface area contributed by atoms with E-state index in [1.165, 1.54) is 6.21 Å². The summed E-state index contributed by atoms with van der Waals surface area (Å²) in [4.78, 5) is 0. The Kier molecular flexibility index (Phi) is 4.66. The zero-order valence-electron chi connectivity index (χ0n) is 9.88. The van der Waals surface area contributed by atoms with Crippen LogP contribution in [0.1, 0.15) is 11.1 Å². The summed E-state index contributed by atoms with van der Waals surface area (Å²) >= 11 is 11.8. The van der Waals surface area contributed by atoms with E-state index in [0.717, 1.165) is 16.9 Å². The van der Waals surface area contributed by atoms with Crippen molar-refractivity contribution < 1.29 is 9.94 Å². The number of halogens is 2. The van der Waals surface area contributed by atoms with Crippen molar-refractivity contribution in [3.05, 3.63) is 63.6 Å². The first-order valence-electron chi connectivity index (χ1n) is 5.53. The van der Waals surface area contributed by atoms with Gasteiger partial charge in [-0.15, -0.1) is 0 Å². The smallest absolute Gasteiger partial charge is 0.119 e. The Morgan fingerprint density at radius 2 is 1.79 bits per heavy atom. The largest absolute Gasteiger partial charge is 0.489 e. The third-order valence-electron chi connectivity index (χ3n) is 2.48. The van der Waals surface area contributed by atoms with Gasteiger partial charge in [0.05, 0.1) is 16.3 Å². The molecule has 0 aliphatic rings. The number of oxime groups is 1. The van der Waals surface area contributed by atoms with Crippen molar-refractivity contribution in [2.24, 2.45) is 5.16 Å². The van der Waals surface area contributed by atoms with Crippen LogP contribution in [0.25, 0.3) is 0 Å². The fraction of sp³-hybridized carbons (Fsp3) is 0.0714. The summed E-state index contributed by atoms with van der Waals surface area (Å²) in [5.74, 6) is 0.723. The predicted octanol–water partition coefficient (Wildman–Crippen LogP) is 4.38. The maximum Gasteiger partial charge on any atom is 0.119 e. The van der Waals surface area contributed by atoms with Crippen LogP contribution in [-0.2, 0) is 6.61 Å². The van der Waals surface area contributed by atoms with Gasteiger partial charge in [0.15, 0.2) is 0 Å². The lowest BCUT2D eigenvalue weighted by Crippen LogP contribution is -1.95. The van der Waals surface area contributed by atoms with Crippen molar-refractivity contribution in [2.45, 2.75) is 6.61 Å². The average Bonchev–Trinajstić information content (AvgIpc) is 2.42. The topological polar surface area (TPSA) is 41.8 Å². The Morgan fingerprint density at radius 1 is 1.05 bits per heavy atom. The highest BCUT2D eigenvalue weighted by Gasteiger charge is 2.01. The van der Waals surface area contributed by atoms with Gasteiger partial charge in [-0.3, -0.25) is 0 Å². The first kappa shape index (κ1) is 13.7. The van der Waals surface area contributed by atoms with Gasteiger partial charge < -0.3 is 9.94 Å². The summed E-state index contributed by atoms with van der Waals surface area (Å²) in [5.41, 5.74) is 1.74. The minimum Gasteiger partial charge on any atom is -0.489 e. The molecule has 3 nitrogen and oxygen atoms in total. The molecule has 0 aromatic heterocycles. The van der Waals surface area contributed by atoms with E-state index in [0.29, 0.717) is 16.7 Å². The molecule has 0 amide bonds. The number of hydrogen-bond acceptors (Lipinski definition) is 3. The van der Waals surface area contributed by atoms with E-state index in [9.17, 15) is 0 Å². The predicted molar refractivity (Wildman–Crippen MR) is 76.6 cm³/mol. The van der Waals surface area contributed by atoms with Crippen LogP contribution in [0.3, 0.4) is 0 Å². The summed E-state index contributed by atoms with van der Waals surface area (Å²) in [5, 5.41) is 12.4. The molecule has 0 unspecified atom stereocenters. The molecule has 0 aliphatic heterocycles. The molecule has 0 bridgehead atoms. The highest BCUT2D eigenvalue weighted by molar-refractivity contribution is 6.42. The number of benzene rings is 2. The second-order valence-electron chi connectivity index (χ2n) is 3.85. The molecule has 2 aromatic carbocycles. The Balaban J connectivity index is 1.99. The normalized spacial score (nSPS) is 10.8. The Bertz CT molecular complexity index is 582. The second kappa shape index (κ2) is 6.45. The minimum absolute atomic E-state index is 0.407. The highest BCUT2D eigenvalue weighted by atomic mass is 35.5. The lowest BCUT2D eigenvalue weighted by atomic mass is 10.2. The molecule has 1 N–H and O–H groups in total. The van der Waals surface area contributed by atoms with Crippen LogP contribution in [0.5, 0.6) is 5.75 Å². The highest BCUT2D eigenvalue weighted by Crippen LogP contribution is 2.23. The van der Waals surface area contributed by atoms with E-state index in [-0.39, 0.29) is 0 Å². The summed E-state index contributed by atoms with van der Waals surface area (Å²) < 4.78 is 5.61. The van der Waals surface area contributed by atoms with Crippen LogP contribution in [0.2, 0.25) is 10.0 Å². The van der Waals surface area contributed by atoms with Crippen molar-refractivity contribution in [1.29, 1.82) is 0 Å². The van der Waals surface area contributed by atoms with E-state index < -0.39 is 0 Å². The molecule has 2 rings (SSSR count). The second-order valence-corrected chi connectivity index (χ2v) is 4.67. The van der Waals surface area contributed by atoms with E-state index >= 15 is 0 Å². The fourth-order valence-corrected chi connectivity index (χ4v) is 1.83. The molecular weight excluding hydrogens is 285 g/mol. The van der Waals surface area contributed by atoms with Crippen molar-refractivity contribution in [2.75, 3.05) is 0 Å². The van der Waals surface area contributed by atoms with Gasteiger partial charge in [-0.1, -0.05) is 34.4 Å². The van der Waals surface area contributed by atoms with Gasteiger partial charge >= 0.3 is 0 Å². The lowest BCUT2D eigenvalue weighted by Gasteiger charge is -2.07. The zero-order chi connectivity index (χ0) is 13.7. The average molecular weight is 296 g/mol. The summed E-state index contributed by atoms with van der Waals surface area (Å²) in [6.07, 6.45) is 1.35. The van der Waals surface area contributed by atoms with Crippen LogP contribution in [0.4, 0.5) is 0 Å². The standard InChI is InChI=1S/C14H11Cl2NO2/c15-13-6-3-11(7-14(13)16)9-19-12-4-1-10(2-5-12)8-17-18/h1-8,18H,9H2/b17-8+. The monoisotopic (exact) mass is 295 g/mol. The maximum absolute atomic E-state index is 8.40. The molecule has 5 heteroatoms. The lowest BCUT2D eigenvalue weighted by molar-refractivity contribution is 0.306. The van der Waals surface area contributed by atoms with Crippen LogP contribution in [0, 0.1) is 0 Å². The molecule has 19 heavy (non-hydrogen) atoms. The third kappa shape index (κ3) is 3.88. The van der Waals surface area contributed by atoms with Crippen molar-refractivity contribution in [3.8, 4) is 5.75 Å². The Hall–Kier alpha value is -1.71. The van der Waals surface area contributed by atoms with Crippen molar-refractivity contribution in [3.63, 3.8) is 0 Å². The van der Waals surface area contributed by atoms with Crippen molar-refractivity contribution in [1.82, 2.24) is 0 Å². The molecule has 0 spiro atoms. The minimum atomic E-state index is 0.407. The Labute approximate surface area is 121 Å². The van der Waals surface area contributed by atoms with Gasteiger partial charge in [-0.2, -0.15) is 0 Å². The molecule has 0 atom stereocenters. The maximum atomic E-state index is 8.40. The van der Waals surface area contributed by atoms with Gasteiger partial charge in [0.1, 0.15) is 12.4 Å². The number of rotatable bonds is 4. The molecule has 98 valence electrons. The first-order valence-corrected chi connectivity index (χ1v) is 6.29. The van der Waals surface area contributed by atoms with Gasteiger partial charge in [0.2, 0.25) is 0 Å². The molecular formula is C14H11Cl2NO2. The molecule has 0 heterocycles. The van der Waals surface area contributed by atoms with Gasteiger partial charge in [0.25, 0.3) is 0 Å². The van der Waals surface area contributed by atoms with Gasteiger partial charge in [0, 0.05) is 0 Å². The van der Waals surface area contributed by atoms with Crippen LogP contribution < -0.4 is 4.74 Å². The van der Waals surface area contributed by atoms with E-state index in [2.05, 4.69) is 5.16 Å². The summed E-state index contributed by atoms with van der Waals surface area (Å²) in [6, 6.07) is 12.6. The quantitative estimate of drug-likeness (QED) is 0.517. The fourth-order valence-electron chi connectivity index (χ4n) is 1.51. The molecule has 2 aromatic rings. The molecule has 0 radical (unpaired) electrons. The third-order valence-corrected chi connectivity index (χ3v) is 3.22. The van der Waals surface area contributed by atoms with Gasteiger partial charge in [-0.25, -0.2) is 0 Å². The van der Waals surface area contributed by atoms with E-state index in [1.54, 1.807) is 36.4 Å². The van der Waals surface area contributed by atoms with Crippen molar-refractivity contribution >= 4 is 29.4 Å². The summed E-state index contributed by atoms with van der Waals surface area (Å²) in [6.45, 7) is 0.407. The zero-order valence-corrected chi connectivity index (χ0v) is 11.4.